The molecule has 1 aromatic heterocycles. The number of hydrogen-bond acceptors (Lipinski definition) is 6. The fourth-order valence-corrected chi connectivity index (χ4v) is 2.56. The highest BCUT2D eigenvalue weighted by atomic mass is 32.2. The quantitative estimate of drug-likeness (QED) is 0.782. The van der Waals surface area contributed by atoms with E-state index < -0.39 is 10.0 Å². The minimum atomic E-state index is -3.70. The summed E-state index contributed by atoms with van der Waals surface area (Å²) in [6.07, 6.45) is 0. The van der Waals surface area contributed by atoms with Crippen LogP contribution in [-0.2, 0) is 16.6 Å². The molecule has 2 aromatic rings. The Bertz CT molecular complexity index is 787. The van der Waals surface area contributed by atoms with E-state index in [4.69, 9.17) is 9.63 Å². The number of nitrogens with zero attached hydrogens (tertiary/aromatic N) is 2. The fraction of sp³-hybridized carbons (Fsp3) is 0.231. The first-order valence-corrected chi connectivity index (χ1v) is 7.48. The summed E-state index contributed by atoms with van der Waals surface area (Å²) in [4.78, 5) is 3.99. The maximum absolute atomic E-state index is 12.1. The van der Waals surface area contributed by atoms with Gasteiger partial charge in [0.2, 0.25) is 15.9 Å². The van der Waals surface area contributed by atoms with Gasteiger partial charge in [-0.1, -0.05) is 23.1 Å². The van der Waals surface area contributed by atoms with Crippen LogP contribution in [-0.4, -0.2) is 30.3 Å². The first-order chi connectivity index (χ1) is 10.0. The SMILES string of the molecule is Cc1nc(CNS(=O)(=O)c2cccc(C#CCO)c2)no1. The Balaban J connectivity index is 2.15. The van der Waals surface area contributed by atoms with Crippen LogP contribution in [0, 0.1) is 18.8 Å². The number of sulfonamides is 1. The molecule has 2 N–H and O–H groups in total. The number of aromatic nitrogens is 2. The molecule has 0 unspecified atom stereocenters. The number of hydrogen-bond donors (Lipinski definition) is 2. The Morgan fingerprint density at radius 1 is 1.43 bits per heavy atom. The third-order valence-electron chi connectivity index (χ3n) is 2.45. The van der Waals surface area contributed by atoms with Gasteiger partial charge in [-0.15, -0.1) is 0 Å². The molecule has 0 amide bonds. The Hall–Kier alpha value is -2.21. The van der Waals surface area contributed by atoms with E-state index in [-0.39, 0.29) is 23.9 Å². The van der Waals surface area contributed by atoms with Crippen LogP contribution >= 0.6 is 0 Å². The molecule has 0 aliphatic carbocycles. The monoisotopic (exact) mass is 307 g/mol. The van der Waals surface area contributed by atoms with Crippen molar-refractivity contribution in [3.8, 4) is 11.8 Å². The molecule has 2 rings (SSSR count). The standard InChI is InChI=1S/C13H13N3O4S/c1-10-15-13(16-20-10)9-14-21(18,19)12-6-2-4-11(8-12)5-3-7-17/h2,4,6,8,14,17H,7,9H2,1H3. The third-order valence-corrected chi connectivity index (χ3v) is 3.84. The van der Waals surface area contributed by atoms with Crippen molar-refractivity contribution in [2.24, 2.45) is 0 Å². The van der Waals surface area contributed by atoms with Crippen molar-refractivity contribution in [1.82, 2.24) is 14.9 Å². The lowest BCUT2D eigenvalue weighted by Crippen LogP contribution is -2.23. The second-order valence-corrected chi connectivity index (χ2v) is 5.81. The van der Waals surface area contributed by atoms with E-state index in [1.54, 1.807) is 19.1 Å². The van der Waals surface area contributed by atoms with Crippen LogP contribution in [0.1, 0.15) is 17.3 Å². The van der Waals surface area contributed by atoms with Gasteiger partial charge in [-0.2, -0.15) is 4.98 Å². The van der Waals surface area contributed by atoms with Gasteiger partial charge in [0, 0.05) is 12.5 Å². The van der Waals surface area contributed by atoms with Crippen molar-refractivity contribution >= 4 is 10.0 Å². The first-order valence-electron chi connectivity index (χ1n) is 6.00. The van der Waals surface area contributed by atoms with Gasteiger partial charge in [0.25, 0.3) is 0 Å². The molecular formula is C13H13N3O4S. The van der Waals surface area contributed by atoms with Gasteiger partial charge in [-0.25, -0.2) is 13.1 Å². The van der Waals surface area contributed by atoms with Gasteiger partial charge in [0.1, 0.15) is 6.61 Å². The van der Waals surface area contributed by atoms with Gasteiger partial charge >= 0.3 is 0 Å². The van der Waals surface area contributed by atoms with Crippen LogP contribution in [0.5, 0.6) is 0 Å². The molecule has 21 heavy (non-hydrogen) atoms. The molecule has 0 aliphatic heterocycles. The highest BCUT2D eigenvalue weighted by molar-refractivity contribution is 7.89. The first kappa shape index (κ1) is 15.2. The average Bonchev–Trinajstić information content (AvgIpc) is 2.89. The van der Waals surface area contributed by atoms with Crippen molar-refractivity contribution < 1.29 is 18.0 Å². The molecule has 0 radical (unpaired) electrons. The van der Waals surface area contributed by atoms with Gasteiger partial charge in [0.05, 0.1) is 11.4 Å². The molecule has 0 bridgehead atoms. The maximum Gasteiger partial charge on any atom is 0.241 e. The lowest BCUT2D eigenvalue weighted by molar-refractivity contribution is 0.350. The van der Waals surface area contributed by atoms with Crippen LogP contribution in [0.25, 0.3) is 0 Å². The van der Waals surface area contributed by atoms with E-state index >= 15 is 0 Å². The summed E-state index contributed by atoms with van der Waals surface area (Å²) in [5.41, 5.74) is 0.502. The van der Waals surface area contributed by atoms with Gasteiger partial charge in [-0.05, 0) is 18.2 Å². The smallest absolute Gasteiger partial charge is 0.241 e. The molecular weight excluding hydrogens is 294 g/mol. The molecule has 1 aromatic carbocycles. The molecule has 8 heteroatoms. The molecule has 0 spiro atoms. The van der Waals surface area contributed by atoms with Crippen LogP contribution in [0.15, 0.2) is 33.7 Å². The highest BCUT2D eigenvalue weighted by Crippen LogP contribution is 2.11. The van der Waals surface area contributed by atoms with E-state index in [1.807, 2.05) is 0 Å². The molecule has 0 atom stereocenters. The molecule has 0 saturated heterocycles. The predicted molar refractivity (Wildman–Crippen MR) is 73.5 cm³/mol. The lowest BCUT2D eigenvalue weighted by Gasteiger charge is -2.05. The van der Waals surface area contributed by atoms with Crippen molar-refractivity contribution in [1.29, 1.82) is 0 Å². The van der Waals surface area contributed by atoms with Crippen molar-refractivity contribution in [2.75, 3.05) is 6.61 Å². The summed E-state index contributed by atoms with van der Waals surface area (Å²) in [6.45, 7) is 1.27. The summed E-state index contributed by atoms with van der Waals surface area (Å²) in [6, 6.07) is 6.11. The largest absolute Gasteiger partial charge is 0.384 e. The number of aryl methyl sites for hydroxylation is 1. The van der Waals surface area contributed by atoms with E-state index in [2.05, 4.69) is 26.7 Å². The summed E-state index contributed by atoms with van der Waals surface area (Å²) >= 11 is 0. The lowest BCUT2D eigenvalue weighted by atomic mass is 10.2. The zero-order valence-corrected chi connectivity index (χ0v) is 12.0. The second-order valence-electron chi connectivity index (χ2n) is 4.04. The van der Waals surface area contributed by atoms with Crippen molar-refractivity contribution in [3.63, 3.8) is 0 Å². The molecule has 110 valence electrons. The minimum absolute atomic E-state index is 0.0633. The van der Waals surface area contributed by atoms with E-state index in [1.165, 1.54) is 12.1 Å². The summed E-state index contributed by atoms with van der Waals surface area (Å²) in [5.74, 6) is 5.74. The maximum atomic E-state index is 12.1. The number of nitrogens with one attached hydrogen (secondary N) is 1. The van der Waals surface area contributed by atoms with Crippen LogP contribution in [0.2, 0.25) is 0 Å². The van der Waals surface area contributed by atoms with Gasteiger partial charge < -0.3 is 9.63 Å². The van der Waals surface area contributed by atoms with Crippen LogP contribution in [0.4, 0.5) is 0 Å². The topological polar surface area (TPSA) is 105 Å². The third kappa shape index (κ3) is 4.13. The fourth-order valence-electron chi connectivity index (χ4n) is 1.54. The minimum Gasteiger partial charge on any atom is -0.384 e. The number of rotatable bonds is 4. The summed E-state index contributed by atoms with van der Waals surface area (Å²) < 4.78 is 31.4. The van der Waals surface area contributed by atoms with Gasteiger partial charge in [0.15, 0.2) is 5.82 Å². The number of aliphatic hydroxyl groups is 1. The number of aliphatic hydroxyl groups excluding tert-OH is 1. The average molecular weight is 307 g/mol. The van der Waals surface area contributed by atoms with E-state index in [0.717, 1.165) is 0 Å². The van der Waals surface area contributed by atoms with E-state index in [9.17, 15) is 8.42 Å². The molecule has 1 heterocycles. The molecule has 0 saturated carbocycles. The Morgan fingerprint density at radius 3 is 2.90 bits per heavy atom. The zero-order valence-electron chi connectivity index (χ0n) is 11.2. The Kier molecular flexibility index (Phi) is 4.70. The molecule has 0 aliphatic rings. The number of benzene rings is 1. The molecule has 7 nitrogen and oxygen atoms in total. The van der Waals surface area contributed by atoms with Gasteiger partial charge in [-0.3, -0.25) is 0 Å². The van der Waals surface area contributed by atoms with Crippen molar-refractivity contribution in [2.45, 2.75) is 18.4 Å². The summed E-state index contributed by atoms with van der Waals surface area (Å²) in [7, 11) is -3.70. The summed E-state index contributed by atoms with van der Waals surface area (Å²) in [5, 5.41) is 12.2. The zero-order chi connectivity index (χ0) is 15.3. The normalized spacial score (nSPS) is 11.0. The van der Waals surface area contributed by atoms with Crippen LogP contribution < -0.4 is 4.72 Å². The highest BCUT2D eigenvalue weighted by Gasteiger charge is 2.15. The Labute approximate surface area is 122 Å². The predicted octanol–water partition coefficient (Wildman–Crippen LogP) is 0.200. The van der Waals surface area contributed by atoms with E-state index in [0.29, 0.717) is 11.5 Å². The second kappa shape index (κ2) is 6.49. The Morgan fingerprint density at radius 2 is 2.24 bits per heavy atom. The van der Waals surface area contributed by atoms with Crippen molar-refractivity contribution in [3.05, 3.63) is 41.5 Å². The van der Waals surface area contributed by atoms with Crippen LogP contribution in [0.3, 0.4) is 0 Å². The molecule has 0 fully saturated rings.